The molecule has 0 saturated heterocycles. The van der Waals surface area contributed by atoms with Crippen molar-refractivity contribution in [2.24, 2.45) is 0 Å². The zero-order valence-electron chi connectivity index (χ0n) is 15.5. The van der Waals surface area contributed by atoms with Crippen LogP contribution in [-0.4, -0.2) is 29.1 Å². The third-order valence-electron chi connectivity index (χ3n) is 3.85. The molecule has 10 nitrogen and oxygen atoms in total. The summed E-state index contributed by atoms with van der Waals surface area (Å²) in [7, 11) is 2.98. The number of halogens is 1. The van der Waals surface area contributed by atoms with E-state index >= 15 is 0 Å². The van der Waals surface area contributed by atoms with Crippen molar-refractivity contribution in [3.63, 3.8) is 0 Å². The molecule has 1 aromatic heterocycles. The number of nitrogen functional groups attached to an aromatic ring is 1. The van der Waals surface area contributed by atoms with Crippen molar-refractivity contribution < 1.29 is 14.4 Å². The highest BCUT2D eigenvalue weighted by atomic mass is 35.5. The summed E-state index contributed by atoms with van der Waals surface area (Å²) in [5.74, 6) is 0.623. The van der Waals surface area contributed by atoms with Gasteiger partial charge in [0.15, 0.2) is 0 Å². The van der Waals surface area contributed by atoms with Gasteiger partial charge in [-0.2, -0.15) is 9.97 Å². The second-order valence-electron chi connectivity index (χ2n) is 5.71. The molecule has 0 aliphatic carbocycles. The zero-order valence-corrected chi connectivity index (χ0v) is 16.2. The third-order valence-corrected chi connectivity index (χ3v) is 4.11. The molecule has 3 rings (SSSR count). The number of rotatable bonds is 7. The van der Waals surface area contributed by atoms with E-state index in [2.05, 4.69) is 20.6 Å². The Labute approximate surface area is 170 Å². The van der Waals surface area contributed by atoms with Crippen LogP contribution in [0.3, 0.4) is 0 Å². The van der Waals surface area contributed by atoms with Crippen LogP contribution in [0, 0.1) is 10.1 Å². The van der Waals surface area contributed by atoms with Crippen LogP contribution in [0.15, 0.2) is 42.5 Å². The molecule has 2 aromatic carbocycles. The van der Waals surface area contributed by atoms with Gasteiger partial charge in [-0.25, -0.2) is 0 Å². The highest BCUT2D eigenvalue weighted by molar-refractivity contribution is 6.30. The normalized spacial score (nSPS) is 10.3. The van der Waals surface area contributed by atoms with Gasteiger partial charge < -0.3 is 25.8 Å². The molecule has 0 spiro atoms. The highest BCUT2D eigenvalue weighted by Gasteiger charge is 2.24. The summed E-state index contributed by atoms with van der Waals surface area (Å²) in [6.07, 6.45) is 0. The standard InChI is InChI=1S/C18H17ClN6O4/c1-28-12-7-8-14(29-2)13(9-12)22-17-15(25(26)27)16(20)23-18(24-17)21-11-5-3-10(19)4-6-11/h3-9H,1-2H3,(H4,20,21,22,23,24). The Hall–Kier alpha value is -3.79. The molecule has 0 saturated carbocycles. The highest BCUT2D eigenvalue weighted by Crippen LogP contribution is 2.36. The van der Waals surface area contributed by atoms with E-state index in [1.165, 1.54) is 14.2 Å². The first-order valence-corrected chi connectivity index (χ1v) is 8.62. The van der Waals surface area contributed by atoms with E-state index in [1.807, 2.05) is 0 Å². The molecule has 0 fully saturated rings. The second kappa shape index (κ2) is 8.48. The molecule has 29 heavy (non-hydrogen) atoms. The molecule has 0 aliphatic rings. The maximum atomic E-state index is 11.5. The molecule has 1 heterocycles. The molecule has 0 aliphatic heterocycles. The SMILES string of the molecule is COc1ccc(OC)c(Nc2nc(Nc3ccc(Cl)cc3)nc(N)c2[N+](=O)[O-])c1. The summed E-state index contributed by atoms with van der Waals surface area (Å²) >= 11 is 5.88. The Morgan fingerprint density at radius 1 is 1.07 bits per heavy atom. The predicted octanol–water partition coefficient (Wildman–Crippen LogP) is 4.12. The van der Waals surface area contributed by atoms with E-state index in [0.717, 1.165) is 0 Å². The number of hydrogen-bond acceptors (Lipinski definition) is 9. The van der Waals surface area contributed by atoms with E-state index in [4.69, 9.17) is 26.8 Å². The van der Waals surface area contributed by atoms with Crippen LogP contribution in [-0.2, 0) is 0 Å². The Morgan fingerprint density at radius 3 is 2.41 bits per heavy atom. The van der Waals surface area contributed by atoms with E-state index in [1.54, 1.807) is 42.5 Å². The molecule has 0 amide bonds. The van der Waals surface area contributed by atoms with Gasteiger partial charge in [-0.15, -0.1) is 0 Å². The molecular formula is C18H17ClN6O4. The monoisotopic (exact) mass is 416 g/mol. The summed E-state index contributed by atoms with van der Waals surface area (Å²) in [5, 5.41) is 17.9. The van der Waals surface area contributed by atoms with Crippen molar-refractivity contribution in [2.45, 2.75) is 0 Å². The number of hydrogen-bond donors (Lipinski definition) is 3. The lowest BCUT2D eigenvalue weighted by atomic mass is 10.2. The summed E-state index contributed by atoms with van der Waals surface area (Å²) in [6, 6.07) is 11.7. The largest absolute Gasteiger partial charge is 0.497 e. The maximum Gasteiger partial charge on any atom is 0.353 e. The molecule has 0 bridgehead atoms. The number of aromatic nitrogens is 2. The molecule has 0 atom stereocenters. The minimum atomic E-state index is -0.656. The van der Waals surface area contributed by atoms with Crippen LogP contribution < -0.4 is 25.8 Å². The average Bonchev–Trinajstić information content (AvgIpc) is 2.69. The number of methoxy groups -OCH3 is 2. The van der Waals surface area contributed by atoms with Crippen LogP contribution in [0.5, 0.6) is 11.5 Å². The van der Waals surface area contributed by atoms with Crippen molar-refractivity contribution in [3.8, 4) is 11.5 Å². The van der Waals surface area contributed by atoms with E-state index < -0.39 is 10.6 Å². The number of benzene rings is 2. The Bertz CT molecular complexity index is 1050. The Morgan fingerprint density at radius 2 is 1.79 bits per heavy atom. The summed E-state index contributed by atoms with van der Waals surface area (Å²) in [4.78, 5) is 19.1. The van der Waals surface area contributed by atoms with Gasteiger partial charge >= 0.3 is 5.69 Å². The second-order valence-corrected chi connectivity index (χ2v) is 6.15. The van der Waals surface area contributed by atoms with Gasteiger partial charge in [0.1, 0.15) is 11.5 Å². The predicted molar refractivity (Wildman–Crippen MR) is 111 cm³/mol. The number of nitro groups is 1. The first kappa shape index (κ1) is 20.0. The molecule has 4 N–H and O–H groups in total. The number of ether oxygens (including phenoxy) is 2. The maximum absolute atomic E-state index is 11.5. The number of nitrogens with two attached hydrogens (primary N) is 1. The van der Waals surface area contributed by atoms with Crippen molar-refractivity contribution in [1.29, 1.82) is 0 Å². The molecule has 150 valence electrons. The van der Waals surface area contributed by atoms with Crippen LogP contribution in [0.4, 0.5) is 34.6 Å². The smallest absolute Gasteiger partial charge is 0.353 e. The van der Waals surface area contributed by atoms with Gasteiger partial charge in [-0.05, 0) is 36.4 Å². The number of nitrogens with zero attached hydrogens (tertiary/aromatic N) is 3. The molecular weight excluding hydrogens is 400 g/mol. The van der Waals surface area contributed by atoms with Crippen molar-refractivity contribution in [3.05, 3.63) is 57.6 Å². The lowest BCUT2D eigenvalue weighted by Crippen LogP contribution is -2.09. The van der Waals surface area contributed by atoms with Crippen molar-refractivity contribution in [1.82, 2.24) is 9.97 Å². The fourth-order valence-electron chi connectivity index (χ4n) is 2.50. The van der Waals surface area contributed by atoms with Gasteiger partial charge in [0.2, 0.25) is 17.6 Å². The topological polar surface area (TPSA) is 137 Å². The van der Waals surface area contributed by atoms with Crippen LogP contribution >= 0.6 is 11.6 Å². The minimum Gasteiger partial charge on any atom is -0.497 e. The van der Waals surface area contributed by atoms with Crippen molar-refractivity contribution in [2.75, 3.05) is 30.6 Å². The van der Waals surface area contributed by atoms with Crippen LogP contribution in [0.25, 0.3) is 0 Å². The fraction of sp³-hybridized carbons (Fsp3) is 0.111. The van der Waals surface area contributed by atoms with E-state index in [-0.39, 0.29) is 17.6 Å². The van der Waals surface area contributed by atoms with Gasteiger partial charge in [0.25, 0.3) is 0 Å². The zero-order chi connectivity index (χ0) is 21.0. The fourth-order valence-corrected chi connectivity index (χ4v) is 2.62. The van der Waals surface area contributed by atoms with Crippen LogP contribution in [0.2, 0.25) is 5.02 Å². The Balaban J connectivity index is 2.03. The average molecular weight is 417 g/mol. The van der Waals surface area contributed by atoms with Gasteiger partial charge in [0.05, 0.1) is 24.8 Å². The number of anilines is 5. The first-order chi connectivity index (χ1) is 13.9. The van der Waals surface area contributed by atoms with Gasteiger partial charge in [-0.1, -0.05) is 11.6 Å². The van der Waals surface area contributed by atoms with Crippen molar-refractivity contribution >= 4 is 46.2 Å². The third kappa shape index (κ3) is 4.55. The molecule has 11 heteroatoms. The molecule has 0 radical (unpaired) electrons. The summed E-state index contributed by atoms with van der Waals surface area (Å²) in [5.41, 5.74) is 6.41. The van der Waals surface area contributed by atoms with E-state index in [9.17, 15) is 10.1 Å². The summed E-state index contributed by atoms with van der Waals surface area (Å²) < 4.78 is 10.5. The lowest BCUT2D eigenvalue weighted by Gasteiger charge is -2.14. The van der Waals surface area contributed by atoms with Crippen LogP contribution in [0.1, 0.15) is 0 Å². The molecule has 0 unspecified atom stereocenters. The minimum absolute atomic E-state index is 0.0692. The molecule has 3 aromatic rings. The Kier molecular flexibility index (Phi) is 5.84. The number of nitrogens with one attached hydrogen (secondary N) is 2. The summed E-state index contributed by atoms with van der Waals surface area (Å²) in [6.45, 7) is 0. The van der Waals surface area contributed by atoms with Gasteiger partial charge in [0, 0.05) is 16.8 Å². The quantitative estimate of drug-likeness (QED) is 0.383. The van der Waals surface area contributed by atoms with Gasteiger partial charge in [-0.3, -0.25) is 10.1 Å². The first-order valence-electron chi connectivity index (χ1n) is 8.24. The lowest BCUT2D eigenvalue weighted by molar-refractivity contribution is -0.383. The van der Waals surface area contributed by atoms with E-state index in [0.29, 0.717) is 27.9 Å².